The first kappa shape index (κ1) is 6.82. The van der Waals surface area contributed by atoms with Gasteiger partial charge in [0.1, 0.15) is 0 Å². The van der Waals surface area contributed by atoms with E-state index in [2.05, 4.69) is 20.2 Å². The number of rotatable bonds is 0. The molecular formula is C5H3Cl2N4+. The maximum atomic E-state index is 5.69. The zero-order chi connectivity index (χ0) is 7.84. The second-order valence-corrected chi connectivity index (χ2v) is 2.68. The molecule has 0 unspecified atom stereocenters. The molecule has 0 amide bonds. The molecule has 0 atom stereocenters. The number of fused-ring (bicyclic) bond motifs is 1. The first-order valence-corrected chi connectivity index (χ1v) is 3.61. The van der Waals surface area contributed by atoms with Gasteiger partial charge in [-0.25, -0.2) is 9.97 Å². The Kier molecular flexibility index (Phi) is 1.44. The van der Waals surface area contributed by atoms with Crippen LogP contribution in [0.5, 0.6) is 0 Å². The summed E-state index contributed by atoms with van der Waals surface area (Å²) >= 11 is 11.4. The Morgan fingerprint density at radius 1 is 1.27 bits per heavy atom. The van der Waals surface area contributed by atoms with Gasteiger partial charge in [0.2, 0.25) is 27.7 Å². The van der Waals surface area contributed by atoms with Gasteiger partial charge >= 0.3 is 0 Å². The van der Waals surface area contributed by atoms with Gasteiger partial charge in [-0.1, -0.05) is 23.2 Å². The molecule has 2 rings (SSSR count). The average Bonchev–Trinajstić information content (AvgIpc) is 2.45. The highest BCUT2D eigenvalue weighted by Crippen LogP contribution is 2.19. The Bertz CT molecular complexity index is 360. The maximum absolute atomic E-state index is 5.69. The van der Waals surface area contributed by atoms with E-state index in [-0.39, 0.29) is 0 Å². The Morgan fingerprint density at radius 2 is 2.00 bits per heavy atom. The van der Waals surface area contributed by atoms with Crippen molar-refractivity contribution >= 4 is 34.2 Å². The minimum absolute atomic E-state index is 0.311. The summed E-state index contributed by atoms with van der Waals surface area (Å²) in [6, 6.07) is 0. The molecule has 2 heterocycles. The van der Waals surface area contributed by atoms with E-state index in [0.29, 0.717) is 21.3 Å². The molecule has 0 aliphatic carbocycles. The fraction of sp³-hybridized carbons (Fsp3) is 0. The number of halogens is 2. The molecular weight excluding hydrogens is 187 g/mol. The molecule has 11 heavy (non-hydrogen) atoms. The summed E-state index contributed by atoms with van der Waals surface area (Å²) in [7, 11) is 0. The molecule has 6 heteroatoms. The fourth-order valence-electron chi connectivity index (χ4n) is 0.838. The predicted molar refractivity (Wildman–Crippen MR) is 40.5 cm³/mol. The highest BCUT2D eigenvalue weighted by atomic mass is 35.5. The molecule has 0 bridgehead atoms. The van der Waals surface area contributed by atoms with Crippen LogP contribution >= 0.6 is 23.2 Å². The molecule has 0 aliphatic rings. The van der Waals surface area contributed by atoms with Crippen LogP contribution in [-0.4, -0.2) is 15.2 Å². The third-order valence-electron chi connectivity index (χ3n) is 1.32. The fourth-order valence-corrected chi connectivity index (χ4v) is 1.21. The van der Waals surface area contributed by atoms with Gasteiger partial charge in [0.05, 0.1) is 0 Å². The zero-order valence-corrected chi connectivity index (χ0v) is 6.74. The maximum Gasteiger partial charge on any atom is 0.240 e. The van der Waals surface area contributed by atoms with Crippen molar-refractivity contribution in [3.63, 3.8) is 0 Å². The predicted octanol–water partition coefficient (Wildman–Crippen LogP) is 1.08. The number of H-pyrrole nitrogens is 2. The average molecular weight is 190 g/mol. The van der Waals surface area contributed by atoms with Crippen LogP contribution in [0, 0.1) is 0 Å². The molecule has 0 fully saturated rings. The minimum atomic E-state index is 0.311. The third-order valence-corrected chi connectivity index (χ3v) is 1.85. The van der Waals surface area contributed by atoms with Crippen LogP contribution in [0.2, 0.25) is 10.3 Å². The van der Waals surface area contributed by atoms with E-state index >= 15 is 0 Å². The highest BCUT2D eigenvalue weighted by Gasteiger charge is 2.12. The summed E-state index contributed by atoms with van der Waals surface area (Å²) < 4.78 is 0. The van der Waals surface area contributed by atoms with Crippen LogP contribution in [0.4, 0.5) is 0 Å². The number of aromatic nitrogens is 4. The van der Waals surface area contributed by atoms with Gasteiger partial charge in [-0.05, 0) is 0 Å². The number of nitrogens with zero attached hydrogens (tertiary/aromatic N) is 2. The van der Waals surface area contributed by atoms with E-state index in [1.807, 2.05) is 0 Å². The molecule has 0 saturated carbocycles. The van der Waals surface area contributed by atoms with Crippen LogP contribution in [0.1, 0.15) is 0 Å². The van der Waals surface area contributed by atoms with Crippen molar-refractivity contribution < 1.29 is 4.98 Å². The normalized spacial score (nSPS) is 10.7. The van der Waals surface area contributed by atoms with Crippen molar-refractivity contribution in [3.05, 3.63) is 16.6 Å². The lowest BCUT2D eigenvalue weighted by atomic mass is 10.5. The smallest absolute Gasteiger partial charge is 0.240 e. The molecule has 0 aromatic carbocycles. The van der Waals surface area contributed by atoms with Crippen LogP contribution in [0.25, 0.3) is 11.0 Å². The molecule has 2 aromatic heterocycles. The van der Waals surface area contributed by atoms with Gasteiger partial charge in [0.15, 0.2) is 0 Å². The van der Waals surface area contributed by atoms with Crippen molar-refractivity contribution in [1.82, 2.24) is 15.2 Å². The SMILES string of the molecule is Clc1nnc(Cl)c2[nH+]c[nH]c12. The van der Waals surface area contributed by atoms with Crippen LogP contribution < -0.4 is 4.98 Å². The number of hydrogen-bond acceptors (Lipinski definition) is 2. The van der Waals surface area contributed by atoms with Crippen LogP contribution in [-0.2, 0) is 0 Å². The van der Waals surface area contributed by atoms with E-state index in [9.17, 15) is 0 Å². The van der Waals surface area contributed by atoms with Gasteiger partial charge < -0.3 is 0 Å². The van der Waals surface area contributed by atoms with Gasteiger partial charge in [0, 0.05) is 0 Å². The molecule has 2 N–H and O–H groups in total. The van der Waals surface area contributed by atoms with Crippen LogP contribution in [0.3, 0.4) is 0 Å². The third kappa shape index (κ3) is 0.948. The van der Waals surface area contributed by atoms with Gasteiger partial charge in [0.25, 0.3) is 0 Å². The minimum Gasteiger partial charge on any atom is -0.241 e. The largest absolute Gasteiger partial charge is 0.241 e. The lowest BCUT2D eigenvalue weighted by molar-refractivity contribution is -0.344. The summed E-state index contributed by atoms with van der Waals surface area (Å²) in [6.45, 7) is 0. The summed E-state index contributed by atoms with van der Waals surface area (Å²) in [4.78, 5) is 5.71. The summed E-state index contributed by atoms with van der Waals surface area (Å²) in [5, 5.41) is 7.84. The lowest BCUT2D eigenvalue weighted by Crippen LogP contribution is -1.97. The van der Waals surface area contributed by atoms with E-state index in [4.69, 9.17) is 23.2 Å². The molecule has 2 aromatic rings. The molecule has 0 saturated heterocycles. The Hall–Kier alpha value is -0.870. The zero-order valence-electron chi connectivity index (χ0n) is 5.23. The standard InChI is InChI=1S/C5H2Cl2N4/c6-4-2-3(9-1-8-2)5(7)11-10-4/h1H,(H,8,9)/p+1. The number of aromatic amines is 2. The summed E-state index contributed by atoms with van der Waals surface area (Å²) in [6.07, 6.45) is 1.62. The van der Waals surface area contributed by atoms with Crippen molar-refractivity contribution in [2.75, 3.05) is 0 Å². The number of nitrogens with one attached hydrogen (secondary N) is 2. The molecule has 0 aliphatic heterocycles. The van der Waals surface area contributed by atoms with E-state index in [1.165, 1.54) is 0 Å². The summed E-state index contributed by atoms with van der Waals surface area (Å²) in [5.74, 6) is 0. The van der Waals surface area contributed by atoms with E-state index < -0.39 is 0 Å². The molecule has 56 valence electrons. The van der Waals surface area contributed by atoms with E-state index in [1.54, 1.807) is 6.33 Å². The molecule has 0 radical (unpaired) electrons. The van der Waals surface area contributed by atoms with Crippen molar-refractivity contribution in [2.45, 2.75) is 0 Å². The Morgan fingerprint density at radius 3 is 2.73 bits per heavy atom. The second-order valence-electron chi connectivity index (χ2n) is 1.96. The first-order chi connectivity index (χ1) is 5.29. The number of hydrogen-bond donors (Lipinski definition) is 1. The summed E-state index contributed by atoms with van der Waals surface area (Å²) in [5.41, 5.74) is 1.35. The van der Waals surface area contributed by atoms with E-state index in [0.717, 1.165) is 0 Å². The first-order valence-electron chi connectivity index (χ1n) is 2.85. The van der Waals surface area contributed by atoms with Crippen molar-refractivity contribution in [1.29, 1.82) is 0 Å². The highest BCUT2D eigenvalue weighted by molar-refractivity contribution is 6.37. The lowest BCUT2D eigenvalue weighted by Gasteiger charge is -1.86. The van der Waals surface area contributed by atoms with Crippen molar-refractivity contribution in [2.24, 2.45) is 0 Å². The topological polar surface area (TPSA) is 55.7 Å². The van der Waals surface area contributed by atoms with Gasteiger partial charge in [-0.3, -0.25) is 0 Å². The van der Waals surface area contributed by atoms with Gasteiger partial charge in [-0.15, -0.1) is 10.2 Å². The molecule has 0 spiro atoms. The van der Waals surface area contributed by atoms with Gasteiger partial charge in [-0.2, -0.15) is 0 Å². The quantitative estimate of drug-likeness (QED) is 0.675. The molecule has 4 nitrogen and oxygen atoms in total. The van der Waals surface area contributed by atoms with Crippen molar-refractivity contribution in [3.8, 4) is 0 Å². The Balaban J connectivity index is 2.96. The monoisotopic (exact) mass is 189 g/mol. The van der Waals surface area contributed by atoms with Crippen LogP contribution in [0.15, 0.2) is 6.33 Å². The number of imidazole rings is 1. The Labute approximate surface area is 71.6 Å². The second kappa shape index (κ2) is 2.32.